The van der Waals surface area contributed by atoms with Gasteiger partial charge in [0, 0.05) is 0 Å². The fourth-order valence-electron chi connectivity index (χ4n) is 1.02. The van der Waals surface area contributed by atoms with Crippen molar-refractivity contribution >= 4 is 5.78 Å². The zero-order chi connectivity index (χ0) is 10.3. The third-order valence-electron chi connectivity index (χ3n) is 2.01. The topological polar surface area (TPSA) is 37.3 Å². The molecule has 0 bridgehead atoms. The summed E-state index contributed by atoms with van der Waals surface area (Å²) in [4.78, 5) is 11.1. The molecular weight excluding hydrogens is 164 g/mol. The van der Waals surface area contributed by atoms with E-state index in [0.717, 1.165) is 12.8 Å². The lowest BCUT2D eigenvalue weighted by molar-refractivity contribution is -0.131. The van der Waals surface area contributed by atoms with Crippen molar-refractivity contribution in [3.63, 3.8) is 0 Å². The molecule has 0 radical (unpaired) electrons. The fraction of sp³-hybridized carbons (Fsp3) is 0.636. The molecule has 0 spiro atoms. The van der Waals surface area contributed by atoms with Gasteiger partial charge in [0.2, 0.25) is 0 Å². The standard InChI is InChI=1S/C11H18O2/c1-4-6-8-11(13,10(3)12)9-7-5-2/h4,8,13H,5,7,9H2,1-3H3. The summed E-state index contributed by atoms with van der Waals surface area (Å²) in [5.74, 6) is -0.213. The maximum atomic E-state index is 11.1. The number of carbonyl (C=O) groups is 1. The third kappa shape index (κ3) is 4.07. The number of unbranched alkanes of at least 4 members (excludes halogenated alkanes) is 1. The molecule has 0 aromatic heterocycles. The van der Waals surface area contributed by atoms with E-state index in [2.05, 4.69) is 5.73 Å². The van der Waals surface area contributed by atoms with Crippen molar-refractivity contribution in [2.75, 3.05) is 0 Å². The summed E-state index contributed by atoms with van der Waals surface area (Å²) in [5, 5.41) is 9.86. The highest BCUT2D eigenvalue weighted by atomic mass is 16.3. The molecule has 0 aromatic carbocycles. The van der Waals surface area contributed by atoms with E-state index in [1.54, 1.807) is 13.0 Å². The van der Waals surface area contributed by atoms with Gasteiger partial charge in [0.05, 0.1) is 0 Å². The van der Waals surface area contributed by atoms with Crippen molar-refractivity contribution < 1.29 is 9.90 Å². The van der Waals surface area contributed by atoms with Crippen molar-refractivity contribution in [3.05, 3.63) is 17.9 Å². The van der Waals surface area contributed by atoms with Crippen LogP contribution in [0, 0.1) is 0 Å². The quantitative estimate of drug-likeness (QED) is 0.662. The molecule has 74 valence electrons. The van der Waals surface area contributed by atoms with Crippen LogP contribution < -0.4 is 0 Å². The average Bonchev–Trinajstić information content (AvgIpc) is 2.11. The summed E-state index contributed by atoms with van der Waals surface area (Å²) in [6.45, 7) is 5.24. The molecule has 0 saturated heterocycles. The molecule has 0 rings (SSSR count). The van der Waals surface area contributed by atoms with E-state index < -0.39 is 5.60 Å². The second kappa shape index (κ2) is 5.74. The van der Waals surface area contributed by atoms with Crippen molar-refractivity contribution in [2.45, 2.75) is 45.6 Å². The van der Waals surface area contributed by atoms with E-state index in [-0.39, 0.29) is 5.78 Å². The Kier molecular flexibility index (Phi) is 5.36. The van der Waals surface area contributed by atoms with Crippen LogP contribution >= 0.6 is 0 Å². The van der Waals surface area contributed by atoms with E-state index in [1.165, 1.54) is 13.0 Å². The maximum absolute atomic E-state index is 11.1. The van der Waals surface area contributed by atoms with Crippen molar-refractivity contribution in [3.8, 4) is 0 Å². The van der Waals surface area contributed by atoms with Crippen LogP contribution in [0.15, 0.2) is 17.9 Å². The number of aliphatic hydroxyl groups is 1. The van der Waals surface area contributed by atoms with Gasteiger partial charge in [-0.3, -0.25) is 4.79 Å². The molecule has 0 fully saturated rings. The lowest BCUT2D eigenvalue weighted by Gasteiger charge is -2.19. The molecule has 1 unspecified atom stereocenters. The van der Waals surface area contributed by atoms with Crippen molar-refractivity contribution in [1.29, 1.82) is 0 Å². The third-order valence-corrected chi connectivity index (χ3v) is 2.01. The Balaban J connectivity index is 4.53. The Hall–Kier alpha value is -0.850. The van der Waals surface area contributed by atoms with Gasteiger partial charge in [-0.1, -0.05) is 19.8 Å². The van der Waals surface area contributed by atoms with Gasteiger partial charge in [0.15, 0.2) is 5.78 Å². The first-order valence-electron chi connectivity index (χ1n) is 4.68. The monoisotopic (exact) mass is 182 g/mol. The summed E-state index contributed by atoms with van der Waals surface area (Å²) in [6.07, 6.45) is 5.43. The van der Waals surface area contributed by atoms with Crippen LogP contribution in [0.4, 0.5) is 0 Å². The molecule has 1 atom stereocenters. The van der Waals surface area contributed by atoms with Gasteiger partial charge in [-0.05, 0) is 32.4 Å². The van der Waals surface area contributed by atoms with E-state index in [0.29, 0.717) is 6.42 Å². The highest BCUT2D eigenvalue weighted by molar-refractivity contribution is 5.86. The molecule has 1 N–H and O–H groups in total. The highest BCUT2D eigenvalue weighted by Gasteiger charge is 2.28. The lowest BCUT2D eigenvalue weighted by Crippen LogP contribution is -2.34. The largest absolute Gasteiger partial charge is 0.377 e. The molecule has 2 nitrogen and oxygen atoms in total. The van der Waals surface area contributed by atoms with E-state index in [9.17, 15) is 9.90 Å². The van der Waals surface area contributed by atoms with E-state index in [4.69, 9.17) is 0 Å². The second-order valence-corrected chi connectivity index (χ2v) is 3.18. The van der Waals surface area contributed by atoms with E-state index >= 15 is 0 Å². The summed E-state index contributed by atoms with van der Waals surface area (Å²) in [5.41, 5.74) is 1.46. The molecule has 0 aliphatic rings. The molecule has 0 aliphatic heterocycles. The van der Waals surface area contributed by atoms with Gasteiger partial charge in [0.25, 0.3) is 0 Å². The van der Waals surface area contributed by atoms with Gasteiger partial charge < -0.3 is 5.11 Å². The van der Waals surface area contributed by atoms with Gasteiger partial charge in [0.1, 0.15) is 5.60 Å². The van der Waals surface area contributed by atoms with Crippen LogP contribution in [-0.4, -0.2) is 16.5 Å². The normalized spacial score (nSPS) is 14.2. The smallest absolute Gasteiger partial charge is 0.165 e. The number of hydrogen-bond donors (Lipinski definition) is 1. The number of rotatable bonds is 5. The summed E-state index contributed by atoms with van der Waals surface area (Å²) >= 11 is 0. The van der Waals surface area contributed by atoms with Crippen LogP contribution in [0.5, 0.6) is 0 Å². The average molecular weight is 182 g/mol. The fourth-order valence-corrected chi connectivity index (χ4v) is 1.02. The Labute approximate surface area is 80.0 Å². The number of Topliss-reactive ketones (excluding diaryl/α,β-unsaturated/α-hetero) is 1. The number of hydrogen-bond acceptors (Lipinski definition) is 2. The Bertz CT molecular complexity index is 224. The number of ketones is 1. The van der Waals surface area contributed by atoms with Crippen molar-refractivity contribution in [1.82, 2.24) is 0 Å². The zero-order valence-corrected chi connectivity index (χ0v) is 8.63. The first kappa shape index (κ1) is 12.2. The van der Waals surface area contributed by atoms with Gasteiger partial charge in [-0.2, -0.15) is 0 Å². The second-order valence-electron chi connectivity index (χ2n) is 3.18. The van der Waals surface area contributed by atoms with Crippen molar-refractivity contribution in [2.24, 2.45) is 0 Å². The zero-order valence-electron chi connectivity index (χ0n) is 8.63. The van der Waals surface area contributed by atoms with Gasteiger partial charge in [-0.15, -0.1) is 5.73 Å². The molecular formula is C11H18O2. The predicted octanol–water partition coefficient (Wildman–Crippen LogP) is 2.23. The minimum absolute atomic E-state index is 0.213. The van der Waals surface area contributed by atoms with Crippen LogP contribution in [0.3, 0.4) is 0 Å². The Morgan fingerprint density at radius 2 is 2.23 bits per heavy atom. The maximum Gasteiger partial charge on any atom is 0.165 e. The van der Waals surface area contributed by atoms with Crippen LogP contribution in [-0.2, 0) is 4.79 Å². The first-order chi connectivity index (χ1) is 6.06. The molecule has 0 heterocycles. The molecule has 0 aliphatic carbocycles. The molecule has 2 heteroatoms. The predicted molar refractivity (Wildman–Crippen MR) is 53.5 cm³/mol. The summed E-state index contributed by atoms with van der Waals surface area (Å²) < 4.78 is 0. The molecule has 0 amide bonds. The lowest BCUT2D eigenvalue weighted by atomic mass is 9.93. The molecule has 0 aromatic rings. The summed E-state index contributed by atoms with van der Waals surface area (Å²) in [7, 11) is 0. The van der Waals surface area contributed by atoms with Crippen LogP contribution in [0.2, 0.25) is 0 Å². The van der Waals surface area contributed by atoms with Crippen LogP contribution in [0.1, 0.15) is 40.0 Å². The van der Waals surface area contributed by atoms with Gasteiger partial charge >= 0.3 is 0 Å². The minimum Gasteiger partial charge on any atom is -0.377 e. The summed E-state index contributed by atoms with van der Waals surface area (Å²) in [6, 6.07) is 0. The number of carbonyl (C=O) groups excluding carboxylic acids is 1. The molecule has 0 saturated carbocycles. The minimum atomic E-state index is -1.30. The van der Waals surface area contributed by atoms with Gasteiger partial charge in [-0.25, -0.2) is 0 Å². The van der Waals surface area contributed by atoms with E-state index in [1.807, 2.05) is 6.92 Å². The highest BCUT2D eigenvalue weighted by Crippen LogP contribution is 2.16. The Morgan fingerprint density at radius 3 is 2.62 bits per heavy atom. The molecule has 13 heavy (non-hydrogen) atoms. The SMILES string of the molecule is CC=C=CC(O)(CCCC)C(C)=O. The first-order valence-corrected chi connectivity index (χ1v) is 4.68. The Morgan fingerprint density at radius 1 is 1.62 bits per heavy atom. The van der Waals surface area contributed by atoms with Crippen LogP contribution in [0.25, 0.3) is 0 Å².